The third-order valence-electron chi connectivity index (χ3n) is 7.95. The maximum atomic E-state index is 13.0. The molecule has 3 fully saturated rings. The van der Waals surface area contributed by atoms with Crippen LogP contribution in [-0.4, -0.2) is 20.7 Å². The fourth-order valence-electron chi connectivity index (χ4n) is 5.84. The first-order chi connectivity index (χ1) is 15.0. The lowest BCUT2D eigenvalue weighted by Gasteiger charge is -2.11. The molecule has 2 heterocycles. The Morgan fingerprint density at radius 2 is 2.13 bits per heavy atom. The van der Waals surface area contributed by atoms with E-state index >= 15 is 0 Å². The number of nitrogens with zero attached hydrogens (tertiary/aromatic N) is 4. The van der Waals surface area contributed by atoms with Crippen molar-refractivity contribution in [3.8, 4) is 6.07 Å². The number of nitrogens with one attached hydrogen (secondary N) is 1. The van der Waals surface area contributed by atoms with Gasteiger partial charge in [-0.1, -0.05) is 25.5 Å². The molecule has 0 saturated heterocycles. The van der Waals surface area contributed by atoms with Crippen molar-refractivity contribution < 1.29 is 4.79 Å². The van der Waals surface area contributed by atoms with Crippen LogP contribution in [0.25, 0.3) is 10.8 Å². The van der Waals surface area contributed by atoms with Crippen LogP contribution >= 0.6 is 0 Å². The van der Waals surface area contributed by atoms with Gasteiger partial charge in [-0.25, -0.2) is 4.98 Å². The molecule has 2 aromatic heterocycles. The SMILES string of the molecule is CCC1[C@H](C(=O)Nc2cc3cc([C@@]4(C#N)CC45CC5)ccc3cn2)[C@H]1c1cnn(C)c1. The van der Waals surface area contributed by atoms with Crippen molar-refractivity contribution in [2.45, 2.75) is 43.9 Å². The summed E-state index contributed by atoms with van der Waals surface area (Å²) < 4.78 is 1.79. The average molecular weight is 412 g/mol. The maximum absolute atomic E-state index is 13.0. The van der Waals surface area contributed by atoms with Gasteiger partial charge in [-0.15, -0.1) is 0 Å². The summed E-state index contributed by atoms with van der Waals surface area (Å²) in [6.07, 6.45) is 9.94. The molecule has 1 spiro atoms. The summed E-state index contributed by atoms with van der Waals surface area (Å²) >= 11 is 0. The Morgan fingerprint density at radius 3 is 2.77 bits per heavy atom. The van der Waals surface area contributed by atoms with E-state index in [1.165, 1.54) is 0 Å². The van der Waals surface area contributed by atoms with Gasteiger partial charge in [0.1, 0.15) is 5.82 Å². The van der Waals surface area contributed by atoms with E-state index in [9.17, 15) is 10.1 Å². The van der Waals surface area contributed by atoms with Gasteiger partial charge < -0.3 is 5.32 Å². The Balaban J connectivity index is 1.24. The second kappa shape index (κ2) is 6.16. The molecule has 3 aliphatic carbocycles. The molecule has 1 N–H and O–H groups in total. The predicted molar refractivity (Wildman–Crippen MR) is 117 cm³/mol. The molecule has 0 bridgehead atoms. The second-order valence-electron chi connectivity index (χ2n) is 9.67. The van der Waals surface area contributed by atoms with Crippen LogP contribution in [0.2, 0.25) is 0 Å². The zero-order valence-corrected chi connectivity index (χ0v) is 17.8. The molecular formula is C25H25N5O. The number of anilines is 1. The Morgan fingerprint density at radius 1 is 1.29 bits per heavy atom. The molecule has 6 heteroatoms. The number of nitriles is 1. The number of rotatable bonds is 5. The van der Waals surface area contributed by atoms with E-state index in [2.05, 4.69) is 40.5 Å². The average Bonchev–Trinajstić information content (AvgIpc) is 3.72. The van der Waals surface area contributed by atoms with Crippen LogP contribution < -0.4 is 5.32 Å². The quantitative estimate of drug-likeness (QED) is 0.679. The van der Waals surface area contributed by atoms with Crippen LogP contribution in [0.5, 0.6) is 0 Å². The van der Waals surface area contributed by atoms with Crippen LogP contribution in [0, 0.1) is 28.6 Å². The van der Waals surface area contributed by atoms with Gasteiger partial charge in [0.05, 0.1) is 17.7 Å². The van der Waals surface area contributed by atoms with E-state index in [0.717, 1.165) is 47.6 Å². The molecule has 1 unspecified atom stereocenters. The van der Waals surface area contributed by atoms with Crippen LogP contribution in [0.4, 0.5) is 5.82 Å². The fourth-order valence-corrected chi connectivity index (χ4v) is 5.84. The molecule has 6 nitrogen and oxygen atoms in total. The van der Waals surface area contributed by atoms with E-state index in [1.807, 2.05) is 31.6 Å². The summed E-state index contributed by atoms with van der Waals surface area (Å²) in [5.74, 6) is 1.13. The predicted octanol–water partition coefficient (Wildman–Crippen LogP) is 4.29. The van der Waals surface area contributed by atoms with Gasteiger partial charge in [-0.3, -0.25) is 9.48 Å². The molecular weight excluding hydrogens is 386 g/mol. The zero-order valence-electron chi connectivity index (χ0n) is 17.8. The van der Waals surface area contributed by atoms with Crippen molar-refractivity contribution >= 4 is 22.5 Å². The van der Waals surface area contributed by atoms with Crippen molar-refractivity contribution in [3.63, 3.8) is 0 Å². The standard InChI is InChI=1S/C25H25N5O/c1-3-19-21(17-11-28-30(2)12-17)22(19)23(31)29-20-9-16-8-18(5-4-15(16)10-27-20)25(14-26)13-24(25)6-7-24/h4-5,8-12,19,21-22H,3,6-7,13H2,1-2H3,(H,27,29,31)/t19?,21-,22-,25-/m0/s1. The van der Waals surface area contributed by atoms with Crippen LogP contribution in [0.15, 0.2) is 42.9 Å². The topological polar surface area (TPSA) is 83.6 Å². The molecule has 3 aliphatic rings. The van der Waals surface area contributed by atoms with E-state index in [4.69, 9.17) is 0 Å². The minimum Gasteiger partial charge on any atom is -0.310 e. The minimum absolute atomic E-state index is 0.0244. The summed E-state index contributed by atoms with van der Waals surface area (Å²) in [5, 5.41) is 19.2. The van der Waals surface area contributed by atoms with Crippen LogP contribution in [0.1, 0.15) is 49.7 Å². The molecule has 156 valence electrons. The summed E-state index contributed by atoms with van der Waals surface area (Å²) in [6, 6.07) is 10.8. The maximum Gasteiger partial charge on any atom is 0.229 e. The first-order valence-electron chi connectivity index (χ1n) is 11.1. The molecule has 3 saturated carbocycles. The number of pyridine rings is 1. The van der Waals surface area contributed by atoms with E-state index in [-0.39, 0.29) is 28.6 Å². The minimum atomic E-state index is -0.312. The summed E-state index contributed by atoms with van der Waals surface area (Å²) in [6.45, 7) is 2.13. The number of amides is 1. The highest BCUT2D eigenvalue weighted by atomic mass is 16.2. The normalized spacial score (nSPS) is 29.5. The molecule has 31 heavy (non-hydrogen) atoms. The lowest BCUT2D eigenvalue weighted by atomic mass is 9.92. The number of carbonyl (C=O) groups is 1. The van der Waals surface area contributed by atoms with Crippen LogP contribution in [-0.2, 0) is 17.3 Å². The number of aryl methyl sites for hydroxylation is 1. The molecule has 1 aromatic carbocycles. The molecule has 0 aliphatic heterocycles. The van der Waals surface area contributed by atoms with Crippen molar-refractivity contribution in [2.24, 2.45) is 24.3 Å². The van der Waals surface area contributed by atoms with Gasteiger partial charge >= 0.3 is 0 Å². The number of hydrogen-bond acceptors (Lipinski definition) is 4. The van der Waals surface area contributed by atoms with Crippen molar-refractivity contribution in [3.05, 3.63) is 54.0 Å². The van der Waals surface area contributed by atoms with Gasteiger partial charge in [-0.2, -0.15) is 10.4 Å². The van der Waals surface area contributed by atoms with E-state index < -0.39 is 0 Å². The monoisotopic (exact) mass is 411 g/mol. The molecule has 0 radical (unpaired) electrons. The van der Waals surface area contributed by atoms with Crippen molar-refractivity contribution in [1.82, 2.24) is 14.8 Å². The summed E-state index contributed by atoms with van der Waals surface area (Å²) in [4.78, 5) is 17.5. The Labute approximate surface area is 181 Å². The Kier molecular flexibility index (Phi) is 3.69. The molecule has 6 rings (SSSR count). The van der Waals surface area contributed by atoms with E-state index in [1.54, 1.807) is 10.9 Å². The number of fused-ring (bicyclic) bond motifs is 1. The largest absolute Gasteiger partial charge is 0.310 e. The first kappa shape index (κ1) is 18.6. The smallest absolute Gasteiger partial charge is 0.229 e. The third-order valence-corrected chi connectivity index (χ3v) is 7.95. The third kappa shape index (κ3) is 2.65. The highest BCUT2D eigenvalue weighted by molar-refractivity contribution is 5.96. The Bertz CT molecular complexity index is 1270. The second-order valence-corrected chi connectivity index (χ2v) is 9.67. The van der Waals surface area contributed by atoms with Crippen LogP contribution in [0.3, 0.4) is 0 Å². The summed E-state index contributed by atoms with van der Waals surface area (Å²) in [5.41, 5.74) is 2.16. The van der Waals surface area contributed by atoms with E-state index in [0.29, 0.717) is 11.7 Å². The van der Waals surface area contributed by atoms with Gasteiger partial charge in [-0.05, 0) is 59.2 Å². The number of hydrogen-bond donors (Lipinski definition) is 1. The lowest BCUT2D eigenvalue weighted by molar-refractivity contribution is -0.117. The van der Waals surface area contributed by atoms with Crippen molar-refractivity contribution in [2.75, 3.05) is 5.32 Å². The van der Waals surface area contributed by atoms with Gasteiger partial charge in [0.25, 0.3) is 0 Å². The number of benzene rings is 1. The highest BCUT2D eigenvalue weighted by Crippen LogP contribution is 2.78. The molecule has 3 aromatic rings. The van der Waals surface area contributed by atoms with Crippen molar-refractivity contribution in [1.29, 1.82) is 5.26 Å². The number of aromatic nitrogens is 3. The van der Waals surface area contributed by atoms with Gasteiger partial charge in [0.2, 0.25) is 5.91 Å². The Hall–Kier alpha value is -3.20. The first-order valence-corrected chi connectivity index (χ1v) is 11.1. The highest BCUT2D eigenvalue weighted by Gasteiger charge is 2.75. The van der Waals surface area contributed by atoms with Gasteiger partial charge in [0, 0.05) is 36.7 Å². The zero-order chi connectivity index (χ0) is 21.4. The van der Waals surface area contributed by atoms with Gasteiger partial charge in [0.15, 0.2) is 0 Å². The molecule has 4 atom stereocenters. The lowest BCUT2D eigenvalue weighted by Crippen LogP contribution is -2.16. The summed E-state index contributed by atoms with van der Waals surface area (Å²) in [7, 11) is 1.90. The fraction of sp³-hybridized carbons (Fsp3) is 0.440. The number of carbonyl (C=O) groups excluding carboxylic acids is 1. The molecule has 1 amide bonds.